The highest BCUT2D eigenvalue weighted by atomic mass is 79.9. The van der Waals surface area contributed by atoms with Gasteiger partial charge in [-0.1, -0.05) is 28.1 Å². The zero-order valence-electron chi connectivity index (χ0n) is 15.4. The van der Waals surface area contributed by atoms with Gasteiger partial charge in [0.15, 0.2) is 0 Å². The highest BCUT2D eigenvalue weighted by molar-refractivity contribution is 9.10. The molecule has 0 spiro atoms. The van der Waals surface area contributed by atoms with Gasteiger partial charge in [-0.05, 0) is 42.3 Å². The molecule has 4 rings (SSSR count). The highest BCUT2D eigenvalue weighted by Gasteiger charge is 2.18. The van der Waals surface area contributed by atoms with Crippen LogP contribution < -0.4 is 9.64 Å². The number of rotatable bonds is 4. The van der Waals surface area contributed by atoms with E-state index in [4.69, 9.17) is 4.74 Å². The molecule has 6 heteroatoms. The fraction of sp³-hybridized carbons (Fsp3) is 0.333. The molecule has 27 heavy (non-hydrogen) atoms. The monoisotopic (exact) mass is 426 g/mol. The van der Waals surface area contributed by atoms with E-state index in [0.29, 0.717) is 0 Å². The molecule has 0 N–H and O–H groups in total. The molecular formula is C21H23BrN4O. The van der Waals surface area contributed by atoms with Crippen LogP contribution in [0, 0.1) is 0 Å². The number of hydrogen-bond acceptors (Lipinski definition) is 5. The van der Waals surface area contributed by atoms with Gasteiger partial charge < -0.3 is 9.64 Å². The van der Waals surface area contributed by atoms with Crippen molar-refractivity contribution >= 4 is 32.7 Å². The van der Waals surface area contributed by atoms with E-state index in [2.05, 4.69) is 53.9 Å². The lowest BCUT2D eigenvalue weighted by Gasteiger charge is -2.23. The molecule has 2 heterocycles. The first-order valence-corrected chi connectivity index (χ1v) is 10.0. The molecule has 1 aliphatic heterocycles. The first-order valence-electron chi connectivity index (χ1n) is 9.23. The minimum absolute atomic E-state index is 0.905. The van der Waals surface area contributed by atoms with Gasteiger partial charge in [-0.15, -0.1) is 0 Å². The van der Waals surface area contributed by atoms with Crippen LogP contribution in [-0.2, 0) is 6.54 Å². The minimum atomic E-state index is 0.905. The molecule has 1 aromatic heterocycles. The standard InChI is InChI=1S/C21H23BrN4O/c1-27-18-6-3-16(4-7-18)14-25-9-2-10-26(12-11-25)21-19-13-17(22)5-8-20(19)23-15-24-21/h3-8,13,15H,2,9-12,14H2,1H3. The maximum absolute atomic E-state index is 5.25. The summed E-state index contributed by atoms with van der Waals surface area (Å²) >= 11 is 3.57. The summed E-state index contributed by atoms with van der Waals surface area (Å²) < 4.78 is 6.31. The molecule has 2 aromatic carbocycles. The van der Waals surface area contributed by atoms with Crippen molar-refractivity contribution in [1.29, 1.82) is 0 Å². The topological polar surface area (TPSA) is 41.5 Å². The summed E-state index contributed by atoms with van der Waals surface area (Å²) in [4.78, 5) is 13.9. The molecule has 0 radical (unpaired) electrons. The van der Waals surface area contributed by atoms with E-state index in [9.17, 15) is 0 Å². The Kier molecular flexibility index (Phi) is 5.55. The summed E-state index contributed by atoms with van der Waals surface area (Å²) in [5, 5.41) is 1.11. The third-order valence-corrected chi connectivity index (χ3v) is 5.52. The second-order valence-corrected chi connectivity index (χ2v) is 7.74. The van der Waals surface area contributed by atoms with Crippen molar-refractivity contribution in [3.63, 3.8) is 0 Å². The van der Waals surface area contributed by atoms with Gasteiger partial charge in [0.1, 0.15) is 17.9 Å². The minimum Gasteiger partial charge on any atom is -0.497 e. The number of aromatic nitrogens is 2. The predicted octanol–water partition coefficient (Wildman–Crippen LogP) is 4.11. The molecule has 0 aliphatic carbocycles. The number of halogens is 1. The van der Waals surface area contributed by atoms with E-state index in [-0.39, 0.29) is 0 Å². The fourth-order valence-electron chi connectivity index (χ4n) is 3.60. The smallest absolute Gasteiger partial charge is 0.139 e. The predicted molar refractivity (Wildman–Crippen MR) is 112 cm³/mol. The van der Waals surface area contributed by atoms with Crippen molar-refractivity contribution in [1.82, 2.24) is 14.9 Å². The summed E-state index contributed by atoms with van der Waals surface area (Å²) in [6.45, 7) is 5.06. The molecule has 0 saturated carbocycles. The van der Waals surface area contributed by atoms with Crippen molar-refractivity contribution in [2.45, 2.75) is 13.0 Å². The summed E-state index contributed by atoms with van der Waals surface area (Å²) in [6.07, 6.45) is 2.79. The maximum Gasteiger partial charge on any atom is 0.139 e. The number of methoxy groups -OCH3 is 1. The van der Waals surface area contributed by atoms with Gasteiger partial charge in [0.25, 0.3) is 0 Å². The lowest BCUT2D eigenvalue weighted by atomic mass is 10.2. The first-order chi connectivity index (χ1) is 13.2. The van der Waals surface area contributed by atoms with Crippen molar-refractivity contribution in [2.75, 3.05) is 38.2 Å². The third-order valence-electron chi connectivity index (χ3n) is 5.03. The summed E-state index contributed by atoms with van der Waals surface area (Å²) in [6, 6.07) is 14.5. The van der Waals surface area contributed by atoms with Crippen LogP contribution in [0.1, 0.15) is 12.0 Å². The maximum atomic E-state index is 5.25. The molecule has 0 amide bonds. The van der Waals surface area contributed by atoms with Gasteiger partial charge >= 0.3 is 0 Å². The average Bonchev–Trinajstić information content (AvgIpc) is 2.93. The van der Waals surface area contributed by atoms with Crippen LogP contribution in [0.25, 0.3) is 10.9 Å². The van der Waals surface area contributed by atoms with Crippen LogP contribution in [-0.4, -0.2) is 48.2 Å². The van der Waals surface area contributed by atoms with Crippen molar-refractivity contribution in [3.05, 3.63) is 58.8 Å². The number of fused-ring (bicyclic) bond motifs is 1. The summed E-state index contributed by atoms with van der Waals surface area (Å²) in [7, 11) is 1.70. The van der Waals surface area contributed by atoms with Crippen LogP contribution in [0.5, 0.6) is 5.75 Å². The van der Waals surface area contributed by atoms with E-state index in [1.807, 2.05) is 24.3 Å². The van der Waals surface area contributed by atoms with Crippen LogP contribution >= 0.6 is 15.9 Å². The van der Waals surface area contributed by atoms with Crippen LogP contribution in [0.4, 0.5) is 5.82 Å². The second-order valence-electron chi connectivity index (χ2n) is 6.82. The van der Waals surface area contributed by atoms with Gasteiger partial charge in [0.05, 0.1) is 12.6 Å². The van der Waals surface area contributed by atoms with Crippen LogP contribution in [0.2, 0.25) is 0 Å². The zero-order chi connectivity index (χ0) is 18.6. The number of hydrogen-bond donors (Lipinski definition) is 0. The van der Waals surface area contributed by atoms with Crippen molar-refractivity contribution in [2.24, 2.45) is 0 Å². The molecule has 5 nitrogen and oxygen atoms in total. The van der Waals surface area contributed by atoms with Crippen LogP contribution in [0.3, 0.4) is 0 Å². The Hall–Kier alpha value is -2.18. The Morgan fingerprint density at radius 3 is 2.67 bits per heavy atom. The van der Waals surface area contributed by atoms with Gasteiger partial charge in [0, 0.05) is 42.6 Å². The number of benzene rings is 2. The van der Waals surface area contributed by atoms with Crippen molar-refractivity contribution < 1.29 is 4.74 Å². The van der Waals surface area contributed by atoms with Gasteiger partial charge in [-0.25, -0.2) is 9.97 Å². The Labute approximate surface area is 168 Å². The number of ether oxygens (including phenoxy) is 1. The van der Waals surface area contributed by atoms with Gasteiger partial charge in [-0.2, -0.15) is 0 Å². The van der Waals surface area contributed by atoms with E-state index >= 15 is 0 Å². The first kappa shape index (κ1) is 18.2. The largest absolute Gasteiger partial charge is 0.497 e. The quantitative estimate of drug-likeness (QED) is 0.627. The van der Waals surface area contributed by atoms with Gasteiger partial charge in [0.2, 0.25) is 0 Å². The summed E-state index contributed by atoms with van der Waals surface area (Å²) in [5.41, 5.74) is 2.31. The number of anilines is 1. The fourth-order valence-corrected chi connectivity index (χ4v) is 3.96. The van der Waals surface area contributed by atoms with E-state index < -0.39 is 0 Å². The Morgan fingerprint density at radius 2 is 1.85 bits per heavy atom. The molecule has 140 valence electrons. The van der Waals surface area contributed by atoms with E-state index in [0.717, 1.165) is 66.1 Å². The Morgan fingerprint density at radius 1 is 1.00 bits per heavy atom. The van der Waals surface area contributed by atoms with Crippen LogP contribution in [0.15, 0.2) is 53.3 Å². The lowest BCUT2D eigenvalue weighted by molar-refractivity contribution is 0.285. The van der Waals surface area contributed by atoms with Gasteiger partial charge in [-0.3, -0.25) is 4.90 Å². The molecule has 3 aromatic rings. The molecule has 1 saturated heterocycles. The molecular weight excluding hydrogens is 404 g/mol. The van der Waals surface area contributed by atoms with Crippen molar-refractivity contribution in [3.8, 4) is 5.75 Å². The molecule has 0 unspecified atom stereocenters. The Bertz CT molecular complexity index is 916. The zero-order valence-corrected chi connectivity index (χ0v) is 17.0. The molecule has 1 aliphatic rings. The summed E-state index contributed by atoms with van der Waals surface area (Å²) in [5.74, 6) is 1.94. The molecule has 1 fully saturated rings. The molecule has 0 bridgehead atoms. The van der Waals surface area contributed by atoms with E-state index in [1.165, 1.54) is 5.56 Å². The molecule has 0 atom stereocenters. The third kappa shape index (κ3) is 4.22. The lowest BCUT2D eigenvalue weighted by Crippen LogP contribution is -2.31. The Balaban J connectivity index is 1.48. The average molecular weight is 427 g/mol. The van der Waals surface area contributed by atoms with E-state index in [1.54, 1.807) is 13.4 Å². The number of nitrogens with zero attached hydrogens (tertiary/aromatic N) is 4. The SMILES string of the molecule is COc1ccc(CN2CCCN(c3ncnc4ccc(Br)cc34)CC2)cc1. The normalized spacial score (nSPS) is 15.7. The highest BCUT2D eigenvalue weighted by Crippen LogP contribution is 2.27. The second kappa shape index (κ2) is 8.23.